The largest absolute Gasteiger partial charge is 0.331 e. The average Bonchev–Trinajstić information content (AvgIpc) is 2.17. The summed E-state index contributed by atoms with van der Waals surface area (Å²) in [5.74, 6) is -0.387. The molecule has 0 saturated carbocycles. The van der Waals surface area contributed by atoms with Crippen molar-refractivity contribution in [1.82, 2.24) is 9.55 Å². The Hall–Kier alpha value is -1.49. The van der Waals surface area contributed by atoms with E-state index in [1.54, 1.807) is 0 Å². The first-order valence-electron chi connectivity index (χ1n) is 4.56. The van der Waals surface area contributed by atoms with Crippen LogP contribution in [0.3, 0.4) is 0 Å². The topological polar surface area (TPSA) is 37.8 Å². The molecule has 15 heavy (non-hydrogen) atoms. The van der Waals surface area contributed by atoms with Crippen molar-refractivity contribution in [3.05, 3.63) is 39.1 Å². The third kappa shape index (κ3) is 1.59. The molecule has 0 bridgehead atoms. The fraction of sp³-hybridized carbons (Fsp3) is 0.200. The van der Waals surface area contributed by atoms with Crippen LogP contribution in [-0.4, -0.2) is 9.55 Å². The maximum Gasteiger partial charge on any atom is 0.262 e. The van der Waals surface area contributed by atoms with Gasteiger partial charge in [-0.05, 0) is 37.3 Å². The third-order valence-electron chi connectivity index (χ3n) is 2.26. The van der Waals surface area contributed by atoms with E-state index >= 15 is 0 Å². The van der Waals surface area contributed by atoms with Crippen LogP contribution in [0.5, 0.6) is 0 Å². The van der Waals surface area contributed by atoms with Crippen LogP contribution >= 0.6 is 12.2 Å². The Morgan fingerprint density at radius 2 is 2.27 bits per heavy atom. The Morgan fingerprint density at radius 3 is 2.93 bits per heavy atom. The number of benzene rings is 1. The molecule has 78 valence electrons. The van der Waals surface area contributed by atoms with Crippen molar-refractivity contribution < 1.29 is 4.39 Å². The molecule has 1 N–H and O–H groups in total. The van der Waals surface area contributed by atoms with E-state index in [0.717, 1.165) is 0 Å². The monoisotopic (exact) mass is 224 g/mol. The van der Waals surface area contributed by atoms with Crippen LogP contribution in [0.25, 0.3) is 10.9 Å². The molecule has 0 aliphatic heterocycles. The lowest BCUT2D eigenvalue weighted by Gasteiger charge is -2.04. The number of halogens is 1. The average molecular weight is 224 g/mol. The van der Waals surface area contributed by atoms with Crippen LogP contribution in [0.2, 0.25) is 0 Å². The van der Waals surface area contributed by atoms with Crippen molar-refractivity contribution in [2.75, 3.05) is 0 Å². The fourth-order valence-corrected chi connectivity index (χ4v) is 1.84. The highest BCUT2D eigenvalue weighted by atomic mass is 32.1. The number of hydrogen-bond acceptors (Lipinski definition) is 2. The van der Waals surface area contributed by atoms with Gasteiger partial charge in [-0.25, -0.2) is 4.39 Å². The minimum absolute atomic E-state index is 0.184. The second-order valence-corrected chi connectivity index (χ2v) is 3.56. The molecule has 0 radical (unpaired) electrons. The summed E-state index contributed by atoms with van der Waals surface area (Å²) in [6, 6.07) is 4.00. The number of aromatic nitrogens is 2. The molecular weight excluding hydrogens is 215 g/mol. The van der Waals surface area contributed by atoms with E-state index in [1.165, 1.54) is 22.8 Å². The van der Waals surface area contributed by atoms with Crippen LogP contribution in [0.1, 0.15) is 6.92 Å². The first-order chi connectivity index (χ1) is 7.13. The molecular formula is C10H9FN2OS. The van der Waals surface area contributed by atoms with Gasteiger partial charge in [0.05, 0.1) is 10.9 Å². The van der Waals surface area contributed by atoms with Crippen LogP contribution in [0.4, 0.5) is 4.39 Å². The van der Waals surface area contributed by atoms with Crippen LogP contribution in [-0.2, 0) is 6.54 Å². The summed E-state index contributed by atoms with van der Waals surface area (Å²) in [5.41, 5.74) is 0.256. The predicted octanol–water partition coefficient (Wildman–Crippen LogP) is 2.22. The Balaban J connectivity index is 2.98. The van der Waals surface area contributed by atoms with Gasteiger partial charge in [-0.3, -0.25) is 9.36 Å². The van der Waals surface area contributed by atoms with Crippen molar-refractivity contribution in [2.24, 2.45) is 0 Å². The standard InChI is InChI=1S/C10H9FN2OS/c1-2-13-9(14)7-4-3-6(11)5-8(7)12-10(13)15/h3-5H,2H2,1H3,(H,12,15). The first-order valence-corrected chi connectivity index (χ1v) is 4.96. The zero-order valence-electron chi connectivity index (χ0n) is 8.08. The van der Waals surface area contributed by atoms with Gasteiger partial charge in [0.2, 0.25) is 0 Å². The summed E-state index contributed by atoms with van der Waals surface area (Å²) in [6.07, 6.45) is 0. The summed E-state index contributed by atoms with van der Waals surface area (Å²) in [4.78, 5) is 14.7. The molecule has 2 rings (SSSR count). The zero-order chi connectivity index (χ0) is 11.0. The van der Waals surface area contributed by atoms with Gasteiger partial charge in [-0.1, -0.05) is 0 Å². The maximum absolute atomic E-state index is 12.9. The Labute approximate surface area is 90.2 Å². The molecule has 0 fully saturated rings. The van der Waals surface area contributed by atoms with E-state index in [0.29, 0.717) is 22.2 Å². The molecule has 0 saturated heterocycles. The molecule has 0 unspecified atom stereocenters. The number of aromatic amines is 1. The lowest BCUT2D eigenvalue weighted by Crippen LogP contribution is -2.21. The van der Waals surface area contributed by atoms with E-state index in [1.807, 2.05) is 6.92 Å². The highest BCUT2D eigenvalue weighted by molar-refractivity contribution is 7.71. The van der Waals surface area contributed by atoms with E-state index in [2.05, 4.69) is 4.98 Å². The highest BCUT2D eigenvalue weighted by Crippen LogP contribution is 2.09. The number of fused-ring (bicyclic) bond motifs is 1. The molecule has 0 atom stereocenters. The van der Waals surface area contributed by atoms with E-state index in [9.17, 15) is 9.18 Å². The normalized spacial score (nSPS) is 10.8. The molecule has 1 heterocycles. The fourth-order valence-electron chi connectivity index (χ4n) is 1.51. The molecule has 0 amide bonds. The summed E-state index contributed by atoms with van der Waals surface area (Å²) < 4.78 is 14.7. The summed E-state index contributed by atoms with van der Waals surface area (Å²) >= 11 is 4.99. The minimum atomic E-state index is -0.387. The number of rotatable bonds is 1. The summed E-state index contributed by atoms with van der Waals surface area (Å²) in [7, 11) is 0. The van der Waals surface area contributed by atoms with Gasteiger partial charge in [-0.2, -0.15) is 0 Å². The summed E-state index contributed by atoms with van der Waals surface area (Å²) in [5, 5.41) is 0.451. The molecule has 0 spiro atoms. The van der Waals surface area contributed by atoms with Crippen molar-refractivity contribution in [1.29, 1.82) is 0 Å². The van der Waals surface area contributed by atoms with Crippen LogP contribution in [0, 0.1) is 10.6 Å². The van der Waals surface area contributed by atoms with Crippen molar-refractivity contribution in [3.8, 4) is 0 Å². The molecule has 5 heteroatoms. The SMILES string of the molecule is CCn1c(=S)[nH]c2cc(F)ccc2c1=O. The van der Waals surface area contributed by atoms with Gasteiger partial charge in [0, 0.05) is 6.54 Å². The highest BCUT2D eigenvalue weighted by Gasteiger charge is 2.04. The Bertz CT molecular complexity index is 629. The zero-order valence-corrected chi connectivity index (χ0v) is 8.90. The van der Waals surface area contributed by atoms with Gasteiger partial charge in [0.25, 0.3) is 5.56 Å². The van der Waals surface area contributed by atoms with Gasteiger partial charge in [-0.15, -0.1) is 0 Å². The Kier molecular flexibility index (Phi) is 2.40. The smallest absolute Gasteiger partial charge is 0.262 e. The van der Waals surface area contributed by atoms with Gasteiger partial charge >= 0.3 is 0 Å². The molecule has 1 aromatic heterocycles. The van der Waals surface area contributed by atoms with E-state index < -0.39 is 0 Å². The maximum atomic E-state index is 12.9. The number of nitrogens with zero attached hydrogens (tertiary/aromatic N) is 1. The van der Waals surface area contributed by atoms with Crippen molar-refractivity contribution >= 4 is 23.1 Å². The lowest BCUT2D eigenvalue weighted by molar-refractivity contribution is 0.628. The molecule has 2 aromatic rings. The van der Waals surface area contributed by atoms with Crippen LogP contribution in [0.15, 0.2) is 23.0 Å². The third-order valence-corrected chi connectivity index (χ3v) is 2.58. The number of H-pyrrole nitrogens is 1. The van der Waals surface area contributed by atoms with Crippen molar-refractivity contribution in [2.45, 2.75) is 13.5 Å². The lowest BCUT2D eigenvalue weighted by atomic mass is 10.2. The van der Waals surface area contributed by atoms with Gasteiger partial charge < -0.3 is 4.98 Å². The van der Waals surface area contributed by atoms with Gasteiger partial charge in [0.15, 0.2) is 4.77 Å². The minimum Gasteiger partial charge on any atom is -0.331 e. The molecule has 1 aromatic carbocycles. The number of nitrogens with one attached hydrogen (secondary N) is 1. The second-order valence-electron chi connectivity index (χ2n) is 3.17. The van der Waals surface area contributed by atoms with Crippen molar-refractivity contribution in [3.63, 3.8) is 0 Å². The molecule has 0 aliphatic rings. The second kappa shape index (κ2) is 3.58. The van der Waals surface area contributed by atoms with Gasteiger partial charge in [0.1, 0.15) is 5.82 Å². The first kappa shape index (κ1) is 10.0. The number of hydrogen-bond donors (Lipinski definition) is 1. The Morgan fingerprint density at radius 1 is 1.53 bits per heavy atom. The molecule has 3 nitrogen and oxygen atoms in total. The molecule has 0 aliphatic carbocycles. The summed E-state index contributed by atoms with van der Waals surface area (Å²) in [6.45, 7) is 2.34. The van der Waals surface area contributed by atoms with Crippen LogP contribution < -0.4 is 5.56 Å². The van der Waals surface area contributed by atoms with E-state index in [-0.39, 0.29) is 11.4 Å². The quantitative estimate of drug-likeness (QED) is 0.754. The predicted molar refractivity (Wildman–Crippen MR) is 59.0 cm³/mol. The van der Waals surface area contributed by atoms with E-state index in [4.69, 9.17) is 12.2 Å².